The summed E-state index contributed by atoms with van der Waals surface area (Å²) in [4.78, 5) is 11.9. The van der Waals surface area contributed by atoms with Crippen LogP contribution in [0.1, 0.15) is 12.5 Å². The van der Waals surface area contributed by atoms with Crippen LogP contribution in [0.15, 0.2) is 53.4 Å². The van der Waals surface area contributed by atoms with Crippen molar-refractivity contribution in [2.75, 3.05) is 24.6 Å². The predicted molar refractivity (Wildman–Crippen MR) is 95.3 cm³/mol. The summed E-state index contributed by atoms with van der Waals surface area (Å²) in [5.74, 6) is -0.0263. The third-order valence-electron chi connectivity index (χ3n) is 3.55. The molecule has 2 aromatic carbocycles. The van der Waals surface area contributed by atoms with Gasteiger partial charge < -0.3 is 9.47 Å². The molecule has 0 heterocycles. The van der Waals surface area contributed by atoms with Crippen LogP contribution in [0.3, 0.4) is 0 Å². The van der Waals surface area contributed by atoms with Gasteiger partial charge in [0.25, 0.3) is 10.0 Å². The van der Waals surface area contributed by atoms with E-state index in [0.29, 0.717) is 18.0 Å². The van der Waals surface area contributed by atoms with Gasteiger partial charge >= 0.3 is 5.97 Å². The smallest absolute Gasteiger partial charge is 0.326 e. The van der Waals surface area contributed by atoms with Gasteiger partial charge in [-0.1, -0.05) is 17.7 Å². The molecule has 0 N–H and O–H groups in total. The van der Waals surface area contributed by atoms with E-state index in [9.17, 15) is 13.2 Å². The van der Waals surface area contributed by atoms with Crippen LogP contribution in [0.5, 0.6) is 5.75 Å². The van der Waals surface area contributed by atoms with Crippen molar-refractivity contribution in [2.24, 2.45) is 0 Å². The molecule has 0 unspecified atom stereocenters. The summed E-state index contributed by atoms with van der Waals surface area (Å²) >= 11 is 0. The third-order valence-corrected chi connectivity index (χ3v) is 5.33. The second-order valence-corrected chi connectivity index (χ2v) is 7.19. The van der Waals surface area contributed by atoms with E-state index in [-0.39, 0.29) is 4.90 Å². The highest BCUT2D eigenvalue weighted by Crippen LogP contribution is 2.26. The Morgan fingerprint density at radius 1 is 1.04 bits per heavy atom. The maximum Gasteiger partial charge on any atom is 0.326 e. The topological polar surface area (TPSA) is 72.9 Å². The quantitative estimate of drug-likeness (QED) is 0.707. The van der Waals surface area contributed by atoms with Crippen LogP contribution < -0.4 is 9.04 Å². The number of nitrogens with zero attached hydrogens (tertiary/aromatic N) is 1. The van der Waals surface area contributed by atoms with E-state index in [1.807, 2.05) is 13.8 Å². The van der Waals surface area contributed by atoms with Crippen molar-refractivity contribution in [1.29, 1.82) is 0 Å². The zero-order valence-corrected chi connectivity index (χ0v) is 15.2. The van der Waals surface area contributed by atoms with Gasteiger partial charge in [0.2, 0.25) is 0 Å². The normalized spacial score (nSPS) is 11.0. The maximum absolute atomic E-state index is 13.0. The number of sulfonamides is 1. The van der Waals surface area contributed by atoms with E-state index in [1.54, 1.807) is 36.4 Å². The molecule has 2 aromatic rings. The van der Waals surface area contributed by atoms with Crippen molar-refractivity contribution >= 4 is 21.7 Å². The molecule has 0 fully saturated rings. The first-order chi connectivity index (χ1) is 11.9. The van der Waals surface area contributed by atoms with Crippen LogP contribution in [-0.2, 0) is 19.6 Å². The molecule has 134 valence electrons. The number of hydrogen-bond acceptors (Lipinski definition) is 5. The van der Waals surface area contributed by atoms with Crippen LogP contribution in [0.2, 0.25) is 0 Å². The van der Waals surface area contributed by atoms with Gasteiger partial charge in [0.05, 0.1) is 24.3 Å². The largest absolute Gasteiger partial charge is 0.494 e. The van der Waals surface area contributed by atoms with Crippen LogP contribution in [0.25, 0.3) is 0 Å². The van der Waals surface area contributed by atoms with Crippen LogP contribution in [0, 0.1) is 6.92 Å². The number of carbonyl (C=O) groups excluding carboxylic acids is 1. The van der Waals surface area contributed by atoms with Gasteiger partial charge in [0, 0.05) is 0 Å². The number of aryl methyl sites for hydroxylation is 1. The van der Waals surface area contributed by atoms with Gasteiger partial charge in [-0.3, -0.25) is 9.10 Å². The fraction of sp³-hybridized carbons (Fsp3) is 0.278. The molecular weight excluding hydrogens is 342 g/mol. The van der Waals surface area contributed by atoms with Crippen molar-refractivity contribution in [2.45, 2.75) is 18.7 Å². The molecule has 25 heavy (non-hydrogen) atoms. The van der Waals surface area contributed by atoms with Gasteiger partial charge in [-0.25, -0.2) is 8.42 Å². The average Bonchev–Trinajstić information content (AvgIpc) is 2.61. The van der Waals surface area contributed by atoms with Gasteiger partial charge in [-0.15, -0.1) is 0 Å². The highest BCUT2D eigenvalue weighted by atomic mass is 32.2. The third kappa shape index (κ3) is 4.51. The highest BCUT2D eigenvalue weighted by molar-refractivity contribution is 7.92. The fourth-order valence-electron chi connectivity index (χ4n) is 2.21. The average molecular weight is 363 g/mol. The molecule has 7 heteroatoms. The second-order valence-electron chi connectivity index (χ2n) is 5.33. The number of hydrogen-bond donors (Lipinski definition) is 0. The molecule has 0 aliphatic heterocycles. The minimum absolute atomic E-state index is 0.107. The standard InChI is InChI=1S/C18H21NO5S/c1-4-24-16-9-7-15(8-10-16)19(13-18(20)23-3)25(21,22)17-11-5-14(2)6-12-17/h5-12H,4,13H2,1-3H3. The van der Waals surface area contributed by atoms with E-state index in [4.69, 9.17) is 4.74 Å². The molecule has 0 radical (unpaired) electrons. The molecule has 0 aliphatic carbocycles. The zero-order valence-electron chi connectivity index (χ0n) is 14.4. The Labute approximate surface area is 148 Å². The summed E-state index contributed by atoms with van der Waals surface area (Å²) in [5.41, 5.74) is 1.30. The van der Waals surface area contributed by atoms with Crippen molar-refractivity contribution in [1.82, 2.24) is 0 Å². The molecule has 0 bridgehead atoms. The number of carbonyl (C=O) groups is 1. The lowest BCUT2D eigenvalue weighted by Crippen LogP contribution is -2.36. The Morgan fingerprint density at radius 3 is 2.16 bits per heavy atom. The number of anilines is 1. The Bertz CT molecular complexity index is 814. The van der Waals surface area contributed by atoms with Gasteiger partial charge in [0.1, 0.15) is 12.3 Å². The summed E-state index contributed by atoms with van der Waals surface area (Å²) in [7, 11) is -2.69. The molecule has 0 atom stereocenters. The van der Waals surface area contributed by atoms with Crippen molar-refractivity contribution in [3.63, 3.8) is 0 Å². The summed E-state index contributed by atoms with van der Waals surface area (Å²) in [6.45, 7) is 3.82. The summed E-state index contributed by atoms with van der Waals surface area (Å²) in [6.07, 6.45) is 0. The first-order valence-corrected chi connectivity index (χ1v) is 9.21. The Balaban J connectivity index is 2.44. The molecule has 0 aromatic heterocycles. The monoisotopic (exact) mass is 363 g/mol. The molecule has 0 saturated heterocycles. The first-order valence-electron chi connectivity index (χ1n) is 7.77. The van der Waals surface area contributed by atoms with Crippen molar-refractivity contribution in [3.8, 4) is 5.75 Å². The van der Waals surface area contributed by atoms with Gasteiger partial charge in [-0.2, -0.15) is 0 Å². The maximum atomic E-state index is 13.0. The van der Waals surface area contributed by atoms with E-state index < -0.39 is 22.5 Å². The van der Waals surface area contributed by atoms with Crippen LogP contribution >= 0.6 is 0 Å². The predicted octanol–water partition coefficient (Wildman–Crippen LogP) is 2.76. The van der Waals surface area contributed by atoms with Crippen LogP contribution in [0.4, 0.5) is 5.69 Å². The number of ether oxygens (including phenoxy) is 2. The van der Waals surface area contributed by atoms with E-state index in [2.05, 4.69) is 4.74 Å². The Kier molecular flexibility index (Phi) is 6.03. The molecule has 0 saturated carbocycles. The number of rotatable bonds is 7. The molecule has 2 rings (SSSR count). The number of methoxy groups -OCH3 is 1. The van der Waals surface area contributed by atoms with Gasteiger partial charge in [-0.05, 0) is 50.2 Å². The Morgan fingerprint density at radius 2 is 1.64 bits per heavy atom. The van der Waals surface area contributed by atoms with Crippen molar-refractivity contribution in [3.05, 3.63) is 54.1 Å². The lowest BCUT2D eigenvalue weighted by molar-refractivity contribution is -0.138. The Hall–Kier alpha value is -2.54. The van der Waals surface area contributed by atoms with E-state index in [1.165, 1.54) is 19.2 Å². The first kappa shape index (κ1) is 18.8. The second kappa shape index (κ2) is 8.02. The lowest BCUT2D eigenvalue weighted by Gasteiger charge is -2.23. The summed E-state index contributed by atoms with van der Waals surface area (Å²) in [6, 6.07) is 13.0. The van der Waals surface area contributed by atoms with Crippen molar-refractivity contribution < 1.29 is 22.7 Å². The molecule has 0 aliphatic rings. The molecular formula is C18H21NO5S. The van der Waals surface area contributed by atoms with Crippen LogP contribution in [-0.4, -0.2) is 34.6 Å². The van der Waals surface area contributed by atoms with Gasteiger partial charge in [0.15, 0.2) is 0 Å². The highest BCUT2D eigenvalue weighted by Gasteiger charge is 2.27. The fourth-order valence-corrected chi connectivity index (χ4v) is 3.62. The van der Waals surface area contributed by atoms with E-state index in [0.717, 1.165) is 9.87 Å². The minimum Gasteiger partial charge on any atom is -0.494 e. The number of benzene rings is 2. The molecule has 6 nitrogen and oxygen atoms in total. The minimum atomic E-state index is -3.91. The number of esters is 1. The molecule has 0 spiro atoms. The SMILES string of the molecule is CCOc1ccc(N(CC(=O)OC)S(=O)(=O)c2ccc(C)cc2)cc1. The summed E-state index contributed by atoms with van der Waals surface area (Å²) in [5, 5.41) is 0. The lowest BCUT2D eigenvalue weighted by atomic mass is 10.2. The molecule has 0 amide bonds. The summed E-state index contributed by atoms with van der Waals surface area (Å²) < 4.78 is 37.0. The zero-order chi connectivity index (χ0) is 18.4. The van der Waals surface area contributed by atoms with E-state index >= 15 is 0 Å².